The zero-order valence-corrected chi connectivity index (χ0v) is 24.9. The van der Waals surface area contributed by atoms with Gasteiger partial charge in [-0.1, -0.05) is 96.8 Å². The van der Waals surface area contributed by atoms with Crippen LogP contribution in [0.1, 0.15) is 127 Å². The minimum absolute atomic E-state index is 0.0154. The van der Waals surface area contributed by atoms with Crippen LogP contribution in [0, 0.1) is 17.8 Å². The number of alkyl halides is 3. The van der Waals surface area contributed by atoms with Crippen molar-refractivity contribution < 1.29 is 22.3 Å². The van der Waals surface area contributed by atoms with Gasteiger partial charge in [0.25, 0.3) is 12.3 Å². The van der Waals surface area contributed by atoms with Crippen molar-refractivity contribution in [1.82, 2.24) is 9.88 Å². The Morgan fingerprint density at radius 2 is 1.61 bits per heavy atom. The Labute approximate surface area is 244 Å². The first-order chi connectivity index (χ1) is 19.9. The van der Waals surface area contributed by atoms with E-state index in [2.05, 4.69) is 16.9 Å². The summed E-state index contributed by atoms with van der Waals surface area (Å²) in [4.78, 5) is 9.16. The molecular weight excluding hydrogens is 530 g/mol. The van der Waals surface area contributed by atoms with E-state index < -0.39 is 29.8 Å². The van der Waals surface area contributed by atoms with Crippen molar-refractivity contribution in [2.45, 2.75) is 135 Å². The lowest BCUT2D eigenvalue weighted by Crippen LogP contribution is -2.40. The molecule has 0 saturated heterocycles. The number of aryl methyl sites for hydroxylation is 1. The first-order valence-corrected chi connectivity index (χ1v) is 16.3. The molecule has 0 spiro atoms. The fourth-order valence-corrected chi connectivity index (χ4v) is 6.10. The molecule has 1 aromatic heterocycles. The normalized spacial score (nSPS) is 21.6. The number of unbranched alkanes of at least 4 members (excludes halogenated alkanes) is 11. The maximum absolute atomic E-state index is 15.6. The lowest BCUT2D eigenvalue weighted by molar-refractivity contribution is -0.0534. The summed E-state index contributed by atoms with van der Waals surface area (Å²) in [6.45, 7) is 3.05. The van der Waals surface area contributed by atoms with Gasteiger partial charge in [0.1, 0.15) is 0 Å². The van der Waals surface area contributed by atoms with Crippen LogP contribution in [0.25, 0.3) is 0 Å². The number of fused-ring (bicyclic) bond motifs is 1. The summed E-state index contributed by atoms with van der Waals surface area (Å²) >= 11 is 0. The molecule has 2 aliphatic carbocycles. The fraction of sp³-hybridized carbons (Fsp3) is 0.758. The van der Waals surface area contributed by atoms with Crippen molar-refractivity contribution in [2.75, 3.05) is 13.2 Å². The third kappa shape index (κ3) is 9.44. The van der Waals surface area contributed by atoms with Crippen LogP contribution in [0.5, 0.6) is 5.88 Å². The van der Waals surface area contributed by atoms with Gasteiger partial charge in [0.05, 0.1) is 23.8 Å². The van der Waals surface area contributed by atoms with Crippen LogP contribution in [0.2, 0.25) is 0 Å². The van der Waals surface area contributed by atoms with Crippen LogP contribution in [-0.2, 0) is 12.3 Å². The van der Waals surface area contributed by atoms with Crippen molar-refractivity contribution in [2.24, 2.45) is 16.8 Å². The molecule has 1 aliphatic heterocycles. The minimum atomic E-state index is -3.54. The van der Waals surface area contributed by atoms with Crippen LogP contribution in [0.3, 0.4) is 0 Å². The van der Waals surface area contributed by atoms with E-state index in [0.29, 0.717) is 13.2 Å². The molecule has 2 unspecified atom stereocenters. The summed E-state index contributed by atoms with van der Waals surface area (Å²) in [5.41, 5.74) is -0.515. The molecule has 0 aromatic carbocycles. The van der Waals surface area contributed by atoms with Gasteiger partial charge < -0.3 is 9.64 Å². The highest BCUT2D eigenvalue weighted by atomic mass is 19.3. The van der Waals surface area contributed by atoms with E-state index in [4.69, 9.17) is 4.74 Å². The van der Waals surface area contributed by atoms with Gasteiger partial charge in [-0.2, -0.15) is 13.8 Å². The number of aromatic nitrogens is 1. The molecule has 4 nitrogen and oxygen atoms in total. The van der Waals surface area contributed by atoms with Gasteiger partial charge in [0.2, 0.25) is 11.8 Å². The van der Waals surface area contributed by atoms with Gasteiger partial charge in [-0.05, 0) is 43.2 Å². The maximum Gasteiger partial charge on any atom is 0.286 e. The molecule has 0 bridgehead atoms. The Kier molecular flexibility index (Phi) is 12.4. The molecule has 0 amide bonds. The number of aliphatic imine (C=N–C) groups is 1. The quantitative estimate of drug-likeness (QED) is 0.0709. The molecule has 8 heteroatoms. The van der Waals surface area contributed by atoms with Gasteiger partial charge >= 0.3 is 0 Å². The molecule has 2 heterocycles. The minimum Gasteiger partial charge on any atom is -0.478 e. The number of pyridine rings is 1. The molecule has 0 N–H and O–H groups in total. The van der Waals surface area contributed by atoms with E-state index in [9.17, 15) is 8.78 Å². The number of ether oxygens (including phenoxy) is 1. The molecule has 4 rings (SSSR count). The molecule has 41 heavy (non-hydrogen) atoms. The number of halogens is 4. The van der Waals surface area contributed by atoms with Gasteiger partial charge in [-0.3, -0.25) is 0 Å². The third-order valence-corrected chi connectivity index (χ3v) is 8.80. The van der Waals surface area contributed by atoms with E-state index in [1.165, 1.54) is 87.5 Å². The standard InChI is InChI=1S/C33H49F4N3O/c1-2-3-4-5-11-14-23-41-29-24-26-18-19-27(33(36,37)30(26)31(34)39-29)28-20-22-40(32(35)38-28)21-13-10-8-6-7-9-12-15-25-16-17-25/h20,22,24-25,27,32H,2-19,21,23H2,1H3. The second-order valence-electron chi connectivity index (χ2n) is 12.2. The second kappa shape index (κ2) is 15.9. The zero-order chi connectivity index (χ0) is 29.1. The Hall–Kier alpha value is -2.12. The Balaban J connectivity index is 1.22. The van der Waals surface area contributed by atoms with E-state index >= 15 is 8.78 Å². The Morgan fingerprint density at radius 3 is 2.32 bits per heavy atom. The second-order valence-corrected chi connectivity index (χ2v) is 12.2. The first-order valence-electron chi connectivity index (χ1n) is 16.3. The number of rotatable bonds is 19. The van der Waals surface area contributed by atoms with Crippen LogP contribution < -0.4 is 4.74 Å². The van der Waals surface area contributed by atoms with Crippen molar-refractivity contribution in [3.8, 4) is 5.88 Å². The summed E-state index contributed by atoms with van der Waals surface area (Å²) in [7, 11) is 0. The summed E-state index contributed by atoms with van der Waals surface area (Å²) in [5.74, 6) is -5.08. The fourth-order valence-electron chi connectivity index (χ4n) is 6.10. The monoisotopic (exact) mass is 579 g/mol. The van der Waals surface area contributed by atoms with E-state index in [1.807, 2.05) is 0 Å². The molecule has 0 radical (unpaired) electrons. The van der Waals surface area contributed by atoms with Crippen molar-refractivity contribution in [1.29, 1.82) is 0 Å². The summed E-state index contributed by atoms with van der Waals surface area (Å²) < 4.78 is 66.6. The van der Waals surface area contributed by atoms with Crippen LogP contribution >= 0.6 is 0 Å². The van der Waals surface area contributed by atoms with Gasteiger partial charge in [0.15, 0.2) is 0 Å². The number of allylic oxidation sites excluding steroid dienone is 1. The largest absolute Gasteiger partial charge is 0.478 e. The smallest absolute Gasteiger partial charge is 0.286 e. The first kappa shape index (κ1) is 31.8. The molecule has 2 atom stereocenters. The van der Waals surface area contributed by atoms with Gasteiger partial charge in [0, 0.05) is 18.8 Å². The number of hydrogen-bond acceptors (Lipinski definition) is 4. The van der Waals surface area contributed by atoms with E-state index in [-0.39, 0.29) is 30.0 Å². The van der Waals surface area contributed by atoms with Crippen molar-refractivity contribution in [3.63, 3.8) is 0 Å². The average Bonchev–Trinajstić information content (AvgIpc) is 3.76. The molecule has 1 fully saturated rings. The zero-order valence-electron chi connectivity index (χ0n) is 24.9. The van der Waals surface area contributed by atoms with E-state index in [0.717, 1.165) is 44.4 Å². The highest BCUT2D eigenvalue weighted by Gasteiger charge is 2.50. The summed E-state index contributed by atoms with van der Waals surface area (Å²) in [6, 6.07) is 1.44. The van der Waals surface area contributed by atoms with E-state index in [1.54, 1.807) is 0 Å². The summed E-state index contributed by atoms with van der Waals surface area (Å²) in [6.07, 6.45) is 20.5. The highest BCUT2D eigenvalue weighted by molar-refractivity contribution is 5.98. The predicted molar refractivity (Wildman–Crippen MR) is 157 cm³/mol. The highest BCUT2D eigenvalue weighted by Crippen LogP contribution is 2.47. The van der Waals surface area contributed by atoms with Gasteiger partial charge in [-0.25, -0.2) is 13.8 Å². The van der Waals surface area contributed by atoms with Crippen molar-refractivity contribution >= 4 is 5.71 Å². The Morgan fingerprint density at radius 1 is 0.927 bits per heavy atom. The maximum atomic E-state index is 15.6. The number of hydrogen-bond donors (Lipinski definition) is 0. The van der Waals surface area contributed by atoms with Crippen molar-refractivity contribution in [3.05, 3.63) is 35.4 Å². The Bertz CT molecular complexity index is 1010. The molecule has 3 aliphatic rings. The van der Waals surface area contributed by atoms with Gasteiger partial charge in [-0.15, -0.1) is 0 Å². The third-order valence-electron chi connectivity index (χ3n) is 8.80. The lowest BCUT2D eigenvalue weighted by atomic mass is 9.78. The van der Waals surface area contributed by atoms with Crippen LogP contribution in [-0.4, -0.2) is 35.2 Å². The lowest BCUT2D eigenvalue weighted by Gasteiger charge is -2.35. The molecule has 230 valence electrons. The SMILES string of the molecule is CCCCCCCCOc1cc2c(c(F)n1)C(F)(F)C(C1=NC(F)N(CCCCCCCCCC3CC3)C=C1)CC2. The molecule has 1 aromatic rings. The predicted octanol–water partition coefficient (Wildman–Crippen LogP) is 9.67. The number of nitrogens with zero attached hydrogens (tertiary/aromatic N) is 3. The van der Waals surface area contributed by atoms with Crippen LogP contribution in [0.15, 0.2) is 23.3 Å². The topological polar surface area (TPSA) is 37.7 Å². The molecule has 1 saturated carbocycles. The average molecular weight is 580 g/mol. The summed E-state index contributed by atoms with van der Waals surface area (Å²) in [5, 5.41) is 0. The molecular formula is C33H49F4N3O. The van der Waals surface area contributed by atoms with Crippen LogP contribution in [0.4, 0.5) is 17.6 Å².